The van der Waals surface area contributed by atoms with Crippen LogP contribution in [0.25, 0.3) is 33.2 Å². The Morgan fingerprint density at radius 3 is 2.21 bits per heavy atom. The number of pyridine rings is 1. The second-order valence-corrected chi connectivity index (χ2v) is 12.8. The summed E-state index contributed by atoms with van der Waals surface area (Å²) in [5.74, 6) is 1.20. The van der Waals surface area contributed by atoms with Crippen LogP contribution < -0.4 is 4.57 Å². The molecule has 2 aliphatic carbocycles. The van der Waals surface area contributed by atoms with Crippen LogP contribution in [0.2, 0.25) is 0 Å². The van der Waals surface area contributed by atoms with Crippen LogP contribution >= 0.6 is 0 Å². The van der Waals surface area contributed by atoms with Crippen LogP contribution in [0.5, 0.6) is 0 Å². The maximum absolute atomic E-state index is 2.50. The first kappa shape index (κ1) is 25.4. The van der Waals surface area contributed by atoms with Gasteiger partial charge in [-0.3, -0.25) is 0 Å². The maximum Gasteiger partial charge on any atom is 0.213 e. The molecule has 38 heavy (non-hydrogen) atoms. The average molecular weight is 503 g/mol. The molecular weight excluding hydrogens is 458 g/mol. The third-order valence-corrected chi connectivity index (χ3v) is 9.95. The van der Waals surface area contributed by atoms with Crippen LogP contribution in [0.3, 0.4) is 0 Å². The summed E-state index contributed by atoms with van der Waals surface area (Å²) in [5.41, 5.74) is 10.2. The molecule has 3 aromatic carbocycles. The Balaban J connectivity index is 1.32. The first-order valence-corrected chi connectivity index (χ1v) is 15.1. The van der Waals surface area contributed by atoms with E-state index in [9.17, 15) is 0 Å². The Hall–Kier alpha value is -2.93. The van der Waals surface area contributed by atoms with Gasteiger partial charge in [0.05, 0.1) is 0 Å². The molecule has 4 aromatic rings. The van der Waals surface area contributed by atoms with Gasteiger partial charge in [-0.15, -0.1) is 0 Å². The third kappa shape index (κ3) is 4.81. The van der Waals surface area contributed by atoms with Crippen LogP contribution in [0.15, 0.2) is 72.9 Å². The first-order chi connectivity index (χ1) is 18.4. The van der Waals surface area contributed by atoms with Gasteiger partial charge in [-0.05, 0) is 108 Å². The SMILES string of the molecule is Cc1ccccc1-c1cc(-c2ccc3cc(C4CCC5(CCCCC5)CC4)ccc3c2)c(C(C)C)c[n+]1C. The van der Waals surface area contributed by atoms with Gasteiger partial charge in [0, 0.05) is 17.2 Å². The molecule has 2 fully saturated rings. The molecule has 0 unspecified atom stereocenters. The molecule has 2 aliphatic rings. The molecule has 1 spiro atoms. The predicted molar refractivity (Wildman–Crippen MR) is 162 cm³/mol. The fourth-order valence-electron chi connectivity index (χ4n) is 7.56. The fraction of sp³-hybridized carbons (Fsp3) is 0.432. The number of rotatable bonds is 4. The number of nitrogens with zero attached hydrogens (tertiary/aromatic N) is 1. The van der Waals surface area contributed by atoms with Crippen molar-refractivity contribution in [2.45, 2.75) is 90.4 Å². The van der Waals surface area contributed by atoms with E-state index in [1.165, 1.54) is 102 Å². The second-order valence-electron chi connectivity index (χ2n) is 12.8. The quantitative estimate of drug-likeness (QED) is 0.244. The van der Waals surface area contributed by atoms with E-state index in [0.29, 0.717) is 11.3 Å². The lowest BCUT2D eigenvalue weighted by atomic mass is 9.62. The smallest absolute Gasteiger partial charge is 0.201 e. The largest absolute Gasteiger partial charge is 0.213 e. The van der Waals surface area contributed by atoms with Gasteiger partial charge < -0.3 is 0 Å². The lowest BCUT2D eigenvalue weighted by molar-refractivity contribution is -0.660. The molecule has 0 saturated heterocycles. The molecule has 0 atom stereocenters. The number of aromatic nitrogens is 1. The minimum atomic E-state index is 0.457. The Morgan fingerprint density at radius 1 is 0.763 bits per heavy atom. The molecule has 2 saturated carbocycles. The van der Waals surface area contributed by atoms with Crippen molar-refractivity contribution in [1.82, 2.24) is 0 Å². The Kier molecular flexibility index (Phi) is 6.89. The Labute approximate surface area is 229 Å². The van der Waals surface area contributed by atoms with Gasteiger partial charge >= 0.3 is 0 Å². The van der Waals surface area contributed by atoms with E-state index >= 15 is 0 Å². The highest BCUT2D eigenvalue weighted by Gasteiger charge is 2.36. The zero-order valence-electron chi connectivity index (χ0n) is 23.9. The Bertz CT molecular complexity index is 1440. The minimum absolute atomic E-state index is 0.457. The van der Waals surface area contributed by atoms with Crippen molar-refractivity contribution in [1.29, 1.82) is 0 Å². The van der Waals surface area contributed by atoms with Crippen molar-refractivity contribution >= 4 is 10.8 Å². The highest BCUT2D eigenvalue weighted by Crippen LogP contribution is 2.51. The molecule has 1 aromatic heterocycles. The molecule has 0 N–H and O–H groups in total. The molecule has 1 heterocycles. The van der Waals surface area contributed by atoms with Crippen LogP contribution in [0, 0.1) is 12.3 Å². The number of benzene rings is 3. The lowest BCUT2D eigenvalue weighted by Crippen LogP contribution is -2.32. The van der Waals surface area contributed by atoms with Gasteiger partial charge in [-0.25, -0.2) is 4.57 Å². The molecule has 0 radical (unpaired) electrons. The van der Waals surface area contributed by atoms with Gasteiger partial charge in [0.25, 0.3) is 0 Å². The summed E-state index contributed by atoms with van der Waals surface area (Å²) in [5, 5.41) is 2.74. The summed E-state index contributed by atoms with van der Waals surface area (Å²) in [6, 6.07) is 25.6. The summed E-state index contributed by atoms with van der Waals surface area (Å²) in [6.07, 6.45) is 15.4. The summed E-state index contributed by atoms with van der Waals surface area (Å²) < 4.78 is 2.30. The molecule has 6 rings (SSSR count). The van der Waals surface area contributed by atoms with Gasteiger partial charge in [0.1, 0.15) is 7.05 Å². The van der Waals surface area contributed by atoms with Crippen molar-refractivity contribution < 1.29 is 4.57 Å². The van der Waals surface area contributed by atoms with Crippen LogP contribution in [0.1, 0.15) is 100 Å². The highest BCUT2D eigenvalue weighted by atomic mass is 14.9. The van der Waals surface area contributed by atoms with Crippen LogP contribution in [-0.4, -0.2) is 0 Å². The van der Waals surface area contributed by atoms with Gasteiger partial charge in [-0.1, -0.05) is 81.6 Å². The van der Waals surface area contributed by atoms with Gasteiger partial charge in [0.15, 0.2) is 6.20 Å². The van der Waals surface area contributed by atoms with Gasteiger partial charge in [0.2, 0.25) is 5.69 Å². The highest BCUT2D eigenvalue weighted by molar-refractivity contribution is 5.89. The van der Waals surface area contributed by atoms with Crippen molar-refractivity contribution in [3.05, 3.63) is 89.6 Å². The normalized spacial score (nSPS) is 17.9. The van der Waals surface area contributed by atoms with Crippen LogP contribution in [-0.2, 0) is 7.05 Å². The number of fused-ring (bicyclic) bond motifs is 1. The van der Waals surface area contributed by atoms with Crippen molar-refractivity contribution in [2.24, 2.45) is 12.5 Å². The summed E-state index contributed by atoms with van der Waals surface area (Å²) in [4.78, 5) is 0. The number of hydrogen-bond acceptors (Lipinski definition) is 0. The summed E-state index contributed by atoms with van der Waals surface area (Å²) in [6.45, 7) is 6.82. The average Bonchev–Trinajstić information content (AvgIpc) is 2.94. The van der Waals surface area contributed by atoms with E-state index in [-0.39, 0.29) is 0 Å². The van der Waals surface area contributed by atoms with Crippen molar-refractivity contribution in [3.63, 3.8) is 0 Å². The fourth-order valence-corrected chi connectivity index (χ4v) is 7.56. The monoisotopic (exact) mass is 502 g/mol. The van der Waals surface area contributed by atoms with Crippen molar-refractivity contribution in [3.8, 4) is 22.4 Å². The molecular formula is C37H44N+. The zero-order chi connectivity index (χ0) is 26.3. The molecule has 196 valence electrons. The predicted octanol–water partition coefficient (Wildman–Crippen LogP) is 10.0. The van der Waals surface area contributed by atoms with E-state index in [2.05, 4.69) is 105 Å². The molecule has 1 heteroatoms. The standard InChI is InChI=1S/C37H44N/c1-26(2)35-25-38(4)36(33-11-7-6-10-27(33)3)24-34(35)32-15-14-30-22-29(12-13-31(30)23-32)28-16-20-37(21-17-28)18-8-5-9-19-37/h6-7,10-15,22-26,28H,5,8-9,16-21H2,1-4H3/q+1. The lowest BCUT2D eigenvalue weighted by Gasteiger charge is -2.43. The molecule has 0 aliphatic heterocycles. The summed E-state index contributed by atoms with van der Waals surface area (Å²) >= 11 is 0. The first-order valence-electron chi connectivity index (χ1n) is 15.1. The number of aryl methyl sites for hydroxylation is 2. The van der Waals surface area contributed by atoms with Gasteiger partial charge in [-0.2, -0.15) is 0 Å². The molecule has 1 nitrogen and oxygen atoms in total. The second kappa shape index (κ2) is 10.3. The van der Waals surface area contributed by atoms with E-state index in [0.717, 1.165) is 5.92 Å². The van der Waals surface area contributed by atoms with E-state index in [1.807, 2.05) is 0 Å². The van der Waals surface area contributed by atoms with Crippen LogP contribution in [0.4, 0.5) is 0 Å². The maximum atomic E-state index is 2.50. The Morgan fingerprint density at radius 2 is 1.47 bits per heavy atom. The van der Waals surface area contributed by atoms with E-state index < -0.39 is 0 Å². The van der Waals surface area contributed by atoms with E-state index in [4.69, 9.17) is 0 Å². The topological polar surface area (TPSA) is 3.88 Å². The minimum Gasteiger partial charge on any atom is -0.201 e. The zero-order valence-corrected chi connectivity index (χ0v) is 23.9. The molecule has 0 bridgehead atoms. The molecule has 0 amide bonds. The van der Waals surface area contributed by atoms with E-state index in [1.54, 1.807) is 5.56 Å². The van der Waals surface area contributed by atoms with Crippen molar-refractivity contribution in [2.75, 3.05) is 0 Å². The number of hydrogen-bond donors (Lipinski definition) is 0. The third-order valence-electron chi connectivity index (χ3n) is 9.95. The summed E-state index contributed by atoms with van der Waals surface area (Å²) in [7, 11) is 2.18.